The van der Waals surface area contributed by atoms with Gasteiger partial charge in [0.2, 0.25) is 0 Å². The smallest absolute Gasteiger partial charge is 0.417 e. The molecular formula is C11H11F3N2O4. The number of aliphatic hydroxyl groups excluding tert-OH is 1. The molecule has 20 heavy (non-hydrogen) atoms. The van der Waals surface area contributed by atoms with E-state index in [0.29, 0.717) is 12.3 Å². The highest BCUT2D eigenvalue weighted by Crippen LogP contribution is 2.28. The summed E-state index contributed by atoms with van der Waals surface area (Å²) in [5, 5.41) is 11.0. The van der Waals surface area contributed by atoms with Crippen molar-refractivity contribution in [3.05, 3.63) is 29.6 Å². The van der Waals surface area contributed by atoms with Gasteiger partial charge in [-0.15, -0.1) is 0 Å². The molecule has 1 rings (SSSR count). The lowest BCUT2D eigenvalue weighted by atomic mass is 10.2. The van der Waals surface area contributed by atoms with Crippen LogP contribution in [0.25, 0.3) is 0 Å². The fourth-order valence-corrected chi connectivity index (χ4v) is 1.25. The largest absolute Gasteiger partial charge is 0.467 e. The monoisotopic (exact) mass is 292 g/mol. The predicted molar refractivity (Wildman–Crippen MR) is 59.6 cm³/mol. The maximum atomic E-state index is 12.3. The predicted octanol–water partition coefficient (Wildman–Crippen LogP) is 0.364. The molecule has 0 aromatic carbocycles. The van der Waals surface area contributed by atoms with Crippen LogP contribution in [0.1, 0.15) is 16.1 Å². The number of carbonyl (C=O) groups is 2. The standard InChI is InChI=1S/C11H11F3N2O4/c1-20-10(19)8(5-17)16-9(18)7-3-2-6(4-15-7)11(12,13)14/h2-4,8,17H,5H2,1H3,(H,16,18). The molecule has 0 saturated carbocycles. The van der Waals surface area contributed by atoms with Gasteiger partial charge >= 0.3 is 12.1 Å². The van der Waals surface area contributed by atoms with Gasteiger partial charge in [0.25, 0.3) is 5.91 Å². The third kappa shape index (κ3) is 3.92. The third-order valence-corrected chi connectivity index (χ3v) is 2.30. The molecule has 1 aromatic rings. The molecule has 0 saturated heterocycles. The molecule has 1 heterocycles. The molecule has 110 valence electrons. The van der Waals surface area contributed by atoms with Crippen molar-refractivity contribution in [2.75, 3.05) is 13.7 Å². The van der Waals surface area contributed by atoms with Crippen LogP contribution in [0.4, 0.5) is 13.2 Å². The highest BCUT2D eigenvalue weighted by molar-refractivity contribution is 5.95. The second kappa shape index (κ2) is 6.33. The summed E-state index contributed by atoms with van der Waals surface area (Å²) in [7, 11) is 1.06. The van der Waals surface area contributed by atoms with Crippen LogP contribution in [0.15, 0.2) is 18.3 Å². The lowest BCUT2D eigenvalue weighted by Crippen LogP contribution is -2.44. The molecule has 1 amide bonds. The Balaban J connectivity index is 2.80. The molecule has 0 spiro atoms. The number of aromatic nitrogens is 1. The van der Waals surface area contributed by atoms with Gasteiger partial charge in [-0.2, -0.15) is 13.2 Å². The number of nitrogens with zero attached hydrogens (tertiary/aromatic N) is 1. The molecule has 1 atom stereocenters. The van der Waals surface area contributed by atoms with Crippen LogP contribution in [0.3, 0.4) is 0 Å². The van der Waals surface area contributed by atoms with Gasteiger partial charge in [0.15, 0.2) is 6.04 Å². The Kier molecular flexibility index (Phi) is 5.03. The van der Waals surface area contributed by atoms with Gasteiger partial charge in [0.05, 0.1) is 19.3 Å². The van der Waals surface area contributed by atoms with Crippen LogP contribution in [0.5, 0.6) is 0 Å². The molecule has 1 aromatic heterocycles. The number of methoxy groups -OCH3 is 1. The number of nitrogens with one attached hydrogen (secondary N) is 1. The Hall–Kier alpha value is -2.16. The van der Waals surface area contributed by atoms with Gasteiger partial charge in [-0.05, 0) is 12.1 Å². The molecule has 2 N–H and O–H groups in total. The van der Waals surface area contributed by atoms with Crippen molar-refractivity contribution in [2.24, 2.45) is 0 Å². The molecule has 6 nitrogen and oxygen atoms in total. The zero-order chi connectivity index (χ0) is 15.3. The Bertz CT molecular complexity index is 487. The second-order valence-corrected chi connectivity index (χ2v) is 3.66. The van der Waals surface area contributed by atoms with Crippen LogP contribution < -0.4 is 5.32 Å². The van der Waals surface area contributed by atoms with E-state index in [1.165, 1.54) is 0 Å². The number of rotatable bonds is 4. The summed E-state index contributed by atoms with van der Waals surface area (Å²) < 4.78 is 41.2. The van der Waals surface area contributed by atoms with E-state index in [2.05, 4.69) is 15.0 Å². The van der Waals surface area contributed by atoms with E-state index >= 15 is 0 Å². The summed E-state index contributed by atoms with van der Waals surface area (Å²) in [6, 6.07) is 0.245. The molecule has 0 bridgehead atoms. The normalized spacial score (nSPS) is 12.7. The van der Waals surface area contributed by atoms with Crippen molar-refractivity contribution < 1.29 is 32.6 Å². The van der Waals surface area contributed by atoms with E-state index < -0.39 is 36.3 Å². The molecule has 0 aliphatic heterocycles. The fraction of sp³-hybridized carbons (Fsp3) is 0.364. The molecular weight excluding hydrogens is 281 g/mol. The van der Waals surface area contributed by atoms with Crippen molar-refractivity contribution in [1.82, 2.24) is 10.3 Å². The van der Waals surface area contributed by atoms with Crippen molar-refractivity contribution in [3.8, 4) is 0 Å². The van der Waals surface area contributed by atoms with Crippen LogP contribution in [-0.2, 0) is 15.7 Å². The average Bonchev–Trinajstić information content (AvgIpc) is 2.42. The van der Waals surface area contributed by atoms with Crippen LogP contribution in [-0.4, -0.2) is 41.7 Å². The first-order valence-corrected chi connectivity index (χ1v) is 5.32. The Morgan fingerprint density at radius 1 is 1.45 bits per heavy atom. The van der Waals surface area contributed by atoms with Crippen LogP contribution in [0, 0.1) is 0 Å². The van der Waals surface area contributed by atoms with Crippen LogP contribution >= 0.6 is 0 Å². The first-order valence-electron chi connectivity index (χ1n) is 5.32. The molecule has 9 heteroatoms. The van der Waals surface area contributed by atoms with Gasteiger partial charge < -0.3 is 15.2 Å². The summed E-state index contributed by atoms with van der Waals surface area (Å²) in [4.78, 5) is 26.1. The first kappa shape index (κ1) is 15.9. The minimum atomic E-state index is -4.55. The van der Waals surface area contributed by atoms with E-state index in [4.69, 9.17) is 5.11 Å². The lowest BCUT2D eigenvalue weighted by Gasteiger charge is -2.13. The third-order valence-electron chi connectivity index (χ3n) is 2.30. The van der Waals surface area contributed by atoms with Gasteiger partial charge in [-0.25, -0.2) is 4.79 Å². The Labute approximate surface area is 111 Å². The van der Waals surface area contributed by atoms with Gasteiger partial charge in [-0.1, -0.05) is 0 Å². The minimum Gasteiger partial charge on any atom is -0.467 e. The van der Waals surface area contributed by atoms with Gasteiger partial charge in [0.1, 0.15) is 5.69 Å². The quantitative estimate of drug-likeness (QED) is 0.782. The van der Waals surface area contributed by atoms with Crippen molar-refractivity contribution >= 4 is 11.9 Å². The second-order valence-electron chi connectivity index (χ2n) is 3.66. The van der Waals surface area contributed by atoms with Crippen molar-refractivity contribution in [2.45, 2.75) is 12.2 Å². The molecule has 0 radical (unpaired) electrons. The number of alkyl halides is 3. The van der Waals surface area contributed by atoms with E-state index in [0.717, 1.165) is 13.2 Å². The number of amides is 1. The van der Waals surface area contributed by atoms with Crippen molar-refractivity contribution in [3.63, 3.8) is 0 Å². The van der Waals surface area contributed by atoms with Gasteiger partial charge in [-0.3, -0.25) is 9.78 Å². The number of hydrogen-bond acceptors (Lipinski definition) is 5. The number of pyridine rings is 1. The number of hydrogen-bond donors (Lipinski definition) is 2. The Morgan fingerprint density at radius 3 is 2.50 bits per heavy atom. The molecule has 0 aliphatic rings. The molecule has 0 aliphatic carbocycles. The highest BCUT2D eigenvalue weighted by atomic mass is 19.4. The zero-order valence-corrected chi connectivity index (χ0v) is 10.3. The number of ether oxygens (including phenoxy) is 1. The average molecular weight is 292 g/mol. The van der Waals surface area contributed by atoms with Gasteiger partial charge in [0, 0.05) is 6.20 Å². The SMILES string of the molecule is COC(=O)C(CO)NC(=O)c1ccc(C(F)(F)F)cn1. The highest BCUT2D eigenvalue weighted by Gasteiger charge is 2.31. The Morgan fingerprint density at radius 2 is 2.10 bits per heavy atom. The fourth-order valence-electron chi connectivity index (χ4n) is 1.25. The molecule has 1 unspecified atom stereocenters. The zero-order valence-electron chi connectivity index (χ0n) is 10.3. The van der Waals surface area contributed by atoms with E-state index in [9.17, 15) is 22.8 Å². The molecule has 0 fully saturated rings. The maximum Gasteiger partial charge on any atom is 0.417 e. The first-order chi connectivity index (χ1) is 9.29. The topological polar surface area (TPSA) is 88.5 Å². The van der Waals surface area contributed by atoms with Crippen molar-refractivity contribution in [1.29, 1.82) is 0 Å². The summed E-state index contributed by atoms with van der Waals surface area (Å²) >= 11 is 0. The number of carbonyl (C=O) groups excluding carboxylic acids is 2. The van der Waals surface area contributed by atoms with Crippen LogP contribution in [0.2, 0.25) is 0 Å². The van der Waals surface area contributed by atoms with E-state index in [-0.39, 0.29) is 5.69 Å². The number of halogens is 3. The summed E-state index contributed by atoms with van der Waals surface area (Å²) in [5.74, 6) is -1.78. The number of esters is 1. The van der Waals surface area contributed by atoms with E-state index in [1.54, 1.807) is 0 Å². The van der Waals surface area contributed by atoms with E-state index in [1.807, 2.05) is 0 Å². The summed E-state index contributed by atoms with van der Waals surface area (Å²) in [5.41, 5.74) is -1.32. The lowest BCUT2D eigenvalue weighted by molar-refractivity contribution is -0.143. The minimum absolute atomic E-state index is 0.319. The summed E-state index contributed by atoms with van der Waals surface area (Å²) in [6.07, 6.45) is -4.05. The number of aliphatic hydroxyl groups is 1. The summed E-state index contributed by atoms with van der Waals surface area (Å²) in [6.45, 7) is -0.709. The maximum absolute atomic E-state index is 12.3.